The predicted octanol–water partition coefficient (Wildman–Crippen LogP) is 4.16. The van der Waals surface area contributed by atoms with E-state index >= 15 is 0 Å². The molecule has 0 aromatic heterocycles. The lowest BCUT2D eigenvalue weighted by Crippen LogP contribution is -2.12. The third kappa shape index (κ3) is 4.21. The van der Waals surface area contributed by atoms with Gasteiger partial charge in [0, 0.05) is 17.6 Å². The van der Waals surface area contributed by atoms with Gasteiger partial charge in [0.1, 0.15) is 23.9 Å². The van der Waals surface area contributed by atoms with Crippen molar-refractivity contribution in [3.63, 3.8) is 0 Å². The monoisotopic (exact) mass is 321 g/mol. The van der Waals surface area contributed by atoms with Gasteiger partial charge in [-0.15, -0.1) is 0 Å². The van der Waals surface area contributed by atoms with Crippen LogP contribution in [0.5, 0.6) is 17.2 Å². The van der Waals surface area contributed by atoms with Crippen LogP contribution < -0.4 is 19.5 Å². The maximum absolute atomic E-state index is 5.93. The SMILES string of the molecule is COc1ccc(OC)c(NCCOc2ccc(Cl)cc2C)c1. The Morgan fingerprint density at radius 2 is 1.77 bits per heavy atom. The van der Waals surface area contributed by atoms with Crippen molar-refractivity contribution in [3.8, 4) is 17.2 Å². The molecule has 1 N–H and O–H groups in total. The van der Waals surface area contributed by atoms with Crippen LogP contribution >= 0.6 is 11.6 Å². The lowest BCUT2D eigenvalue weighted by molar-refractivity contribution is 0.330. The van der Waals surface area contributed by atoms with Crippen molar-refractivity contribution in [3.05, 3.63) is 47.0 Å². The largest absolute Gasteiger partial charge is 0.497 e. The van der Waals surface area contributed by atoms with Crippen LogP contribution in [0.3, 0.4) is 0 Å². The van der Waals surface area contributed by atoms with Crippen LogP contribution in [0.1, 0.15) is 5.56 Å². The Bertz CT molecular complexity index is 631. The van der Waals surface area contributed by atoms with Gasteiger partial charge in [0.15, 0.2) is 0 Å². The fraction of sp³-hybridized carbons (Fsp3) is 0.294. The van der Waals surface area contributed by atoms with E-state index in [2.05, 4.69) is 5.32 Å². The van der Waals surface area contributed by atoms with E-state index < -0.39 is 0 Å². The van der Waals surface area contributed by atoms with Gasteiger partial charge in [-0.2, -0.15) is 0 Å². The predicted molar refractivity (Wildman–Crippen MR) is 89.7 cm³/mol. The van der Waals surface area contributed by atoms with Crippen molar-refractivity contribution in [1.82, 2.24) is 0 Å². The minimum absolute atomic E-state index is 0.531. The third-order valence-corrected chi connectivity index (χ3v) is 3.45. The number of methoxy groups -OCH3 is 2. The molecular weight excluding hydrogens is 302 g/mol. The summed E-state index contributed by atoms with van der Waals surface area (Å²) in [6.45, 7) is 3.15. The molecule has 0 saturated carbocycles. The van der Waals surface area contributed by atoms with E-state index in [0.29, 0.717) is 18.2 Å². The van der Waals surface area contributed by atoms with E-state index in [1.54, 1.807) is 14.2 Å². The normalized spacial score (nSPS) is 10.2. The van der Waals surface area contributed by atoms with Gasteiger partial charge in [-0.1, -0.05) is 11.6 Å². The second-order valence-electron chi connectivity index (χ2n) is 4.75. The first-order valence-electron chi connectivity index (χ1n) is 6.99. The first-order chi connectivity index (χ1) is 10.6. The number of nitrogens with one attached hydrogen (secondary N) is 1. The third-order valence-electron chi connectivity index (χ3n) is 3.22. The maximum atomic E-state index is 5.93. The highest BCUT2D eigenvalue weighted by Gasteiger charge is 2.05. The average Bonchev–Trinajstić information content (AvgIpc) is 2.53. The van der Waals surface area contributed by atoms with E-state index in [1.165, 1.54) is 0 Å². The molecule has 0 fully saturated rings. The molecule has 4 nitrogen and oxygen atoms in total. The summed E-state index contributed by atoms with van der Waals surface area (Å²) in [5.41, 5.74) is 1.89. The standard InChI is InChI=1S/C17H20ClNO3/c1-12-10-13(18)4-6-16(12)22-9-8-19-15-11-14(20-2)5-7-17(15)21-3/h4-7,10-11,19H,8-9H2,1-3H3. The lowest BCUT2D eigenvalue weighted by atomic mass is 10.2. The zero-order chi connectivity index (χ0) is 15.9. The molecular formula is C17H20ClNO3. The molecule has 0 atom stereocenters. The van der Waals surface area contributed by atoms with Gasteiger partial charge in [0.2, 0.25) is 0 Å². The summed E-state index contributed by atoms with van der Waals surface area (Å²) in [4.78, 5) is 0. The Kier molecular flexibility index (Phi) is 5.78. The van der Waals surface area contributed by atoms with Gasteiger partial charge < -0.3 is 19.5 Å². The molecule has 118 valence electrons. The minimum atomic E-state index is 0.531. The van der Waals surface area contributed by atoms with Crippen LogP contribution in [0.4, 0.5) is 5.69 Å². The van der Waals surface area contributed by atoms with Crippen molar-refractivity contribution in [2.75, 3.05) is 32.7 Å². The van der Waals surface area contributed by atoms with Crippen LogP contribution in [0, 0.1) is 6.92 Å². The fourth-order valence-electron chi connectivity index (χ4n) is 2.07. The zero-order valence-electron chi connectivity index (χ0n) is 13.0. The van der Waals surface area contributed by atoms with E-state index in [-0.39, 0.29) is 0 Å². The lowest BCUT2D eigenvalue weighted by Gasteiger charge is -2.14. The zero-order valence-corrected chi connectivity index (χ0v) is 13.7. The highest BCUT2D eigenvalue weighted by Crippen LogP contribution is 2.28. The molecule has 2 rings (SSSR count). The minimum Gasteiger partial charge on any atom is -0.497 e. The number of aryl methyl sites for hydroxylation is 1. The van der Waals surface area contributed by atoms with Crippen LogP contribution in [0.25, 0.3) is 0 Å². The second-order valence-corrected chi connectivity index (χ2v) is 5.19. The number of benzene rings is 2. The molecule has 22 heavy (non-hydrogen) atoms. The molecule has 0 radical (unpaired) electrons. The number of rotatable bonds is 7. The molecule has 0 spiro atoms. The highest BCUT2D eigenvalue weighted by atomic mass is 35.5. The molecule has 0 heterocycles. The Hall–Kier alpha value is -2.07. The van der Waals surface area contributed by atoms with E-state index in [0.717, 1.165) is 28.5 Å². The van der Waals surface area contributed by atoms with Crippen LogP contribution in [0.15, 0.2) is 36.4 Å². The quantitative estimate of drug-likeness (QED) is 0.777. The van der Waals surface area contributed by atoms with Crippen LogP contribution in [0.2, 0.25) is 5.02 Å². The first-order valence-corrected chi connectivity index (χ1v) is 7.36. The number of anilines is 1. The van der Waals surface area contributed by atoms with Gasteiger partial charge in [-0.25, -0.2) is 0 Å². The van der Waals surface area contributed by atoms with Gasteiger partial charge in [0.25, 0.3) is 0 Å². The van der Waals surface area contributed by atoms with Crippen LogP contribution in [-0.4, -0.2) is 27.4 Å². The molecule has 2 aromatic carbocycles. The number of halogens is 1. The summed E-state index contributed by atoms with van der Waals surface area (Å²) in [6.07, 6.45) is 0. The molecule has 0 amide bonds. The Labute approximate surface area is 136 Å². The average molecular weight is 322 g/mol. The summed E-state index contributed by atoms with van der Waals surface area (Å²) >= 11 is 5.93. The van der Waals surface area contributed by atoms with Crippen molar-refractivity contribution < 1.29 is 14.2 Å². The van der Waals surface area contributed by atoms with Crippen molar-refractivity contribution in [2.45, 2.75) is 6.92 Å². The topological polar surface area (TPSA) is 39.7 Å². The van der Waals surface area contributed by atoms with Gasteiger partial charge in [0.05, 0.1) is 19.9 Å². The molecule has 0 bridgehead atoms. The second kappa shape index (κ2) is 7.80. The van der Waals surface area contributed by atoms with E-state index in [4.69, 9.17) is 25.8 Å². The highest BCUT2D eigenvalue weighted by molar-refractivity contribution is 6.30. The van der Waals surface area contributed by atoms with Crippen molar-refractivity contribution >= 4 is 17.3 Å². The Morgan fingerprint density at radius 3 is 2.45 bits per heavy atom. The molecule has 0 saturated heterocycles. The first kappa shape index (κ1) is 16.3. The van der Waals surface area contributed by atoms with Gasteiger partial charge in [-0.05, 0) is 42.8 Å². The van der Waals surface area contributed by atoms with Crippen LogP contribution in [-0.2, 0) is 0 Å². The van der Waals surface area contributed by atoms with Gasteiger partial charge >= 0.3 is 0 Å². The summed E-state index contributed by atoms with van der Waals surface area (Å²) in [6, 6.07) is 11.2. The van der Waals surface area contributed by atoms with Gasteiger partial charge in [-0.3, -0.25) is 0 Å². The van der Waals surface area contributed by atoms with E-state index in [9.17, 15) is 0 Å². The summed E-state index contributed by atoms with van der Waals surface area (Å²) in [5.74, 6) is 2.38. The van der Waals surface area contributed by atoms with Crippen molar-refractivity contribution in [1.29, 1.82) is 0 Å². The number of hydrogen-bond acceptors (Lipinski definition) is 4. The smallest absolute Gasteiger partial charge is 0.142 e. The number of hydrogen-bond donors (Lipinski definition) is 1. The summed E-state index contributed by atoms with van der Waals surface area (Å²) in [5, 5.41) is 4.00. The number of ether oxygens (including phenoxy) is 3. The molecule has 0 aliphatic carbocycles. The molecule has 0 unspecified atom stereocenters. The maximum Gasteiger partial charge on any atom is 0.142 e. The summed E-state index contributed by atoms with van der Waals surface area (Å²) in [7, 11) is 3.28. The summed E-state index contributed by atoms with van der Waals surface area (Å²) < 4.78 is 16.3. The Morgan fingerprint density at radius 1 is 1.00 bits per heavy atom. The fourth-order valence-corrected chi connectivity index (χ4v) is 2.30. The molecule has 0 aliphatic heterocycles. The molecule has 0 aliphatic rings. The molecule has 5 heteroatoms. The molecule has 2 aromatic rings. The Balaban J connectivity index is 1.91. The van der Waals surface area contributed by atoms with Crippen molar-refractivity contribution in [2.24, 2.45) is 0 Å². The van der Waals surface area contributed by atoms with E-state index in [1.807, 2.05) is 43.3 Å².